The molecule has 0 aliphatic carbocycles. The zero-order chi connectivity index (χ0) is 18.0. The number of aryl methyl sites for hydroxylation is 2. The fourth-order valence-electron chi connectivity index (χ4n) is 2.42. The Hall–Kier alpha value is -2.25. The van der Waals surface area contributed by atoms with E-state index in [1.54, 1.807) is 16.8 Å². The number of hydrogen-bond acceptors (Lipinski definition) is 5. The number of benzene rings is 1. The summed E-state index contributed by atoms with van der Waals surface area (Å²) in [6, 6.07) is 7.19. The third kappa shape index (κ3) is 3.72. The van der Waals surface area contributed by atoms with Gasteiger partial charge in [-0.15, -0.1) is 10.2 Å². The van der Waals surface area contributed by atoms with Crippen molar-refractivity contribution in [3.8, 4) is 5.69 Å². The monoisotopic (exact) mass is 375 g/mol. The fraction of sp³-hybridized carbons (Fsp3) is 0.294. The number of carbonyl (C=O) groups is 1. The van der Waals surface area contributed by atoms with Gasteiger partial charge in [-0.05, 0) is 44.5 Å². The number of rotatable bonds is 5. The maximum Gasteiger partial charge on any atom is 0.257 e. The lowest BCUT2D eigenvalue weighted by Crippen LogP contribution is -2.12. The molecule has 0 spiro atoms. The molecule has 1 aromatic carbocycles. The summed E-state index contributed by atoms with van der Waals surface area (Å²) in [7, 11) is 0. The molecule has 130 valence electrons. The lowest BCUT2D eigenvalue weighted by molar-refractivity contribution is 0.102. The van der Waals surface area contributed by atoms with E-state index in [4.69, 9.17) is 11.6 Å². The van der Waals surface area contributed by atoms with E-state index in [1.807, 2.05) is 26.0 Å². The van der Waals surface area contributed by atoms with E-state index in [9.17, 15) is 4.79 Å². The van der Waals surface area contributed by atoms with Crippen molar-refractivity contribution in [2.75, 3.05) is 5.32 Å². The number of halogens is 1. The maximum absolute atomic E-state index is 12.3. The molecule has 0 unspecified atom stereocenters. The van der Waals surface area contributed by atoms with Crippen molar-refractivity contribution in [2.24, 2.45) is 0 Å². The zero-order valence-corrected chi connectivity index (χ0v) is 15.8. The highest BCUT2D eigenvalue weighted by Crippen LogP contribution is 2.23. The molecular weight excluding hydrogens is 358 g/mol. The molecule has 25 heavy (non-hydrogen) atoms. The van der Waals surface area contributed by atoms with Crippen LogP contribution in [-0.2, 0) is 6.42 Å². The second-order valence-electron chi connectivity index (χ2n) is 5.65. The zero-order valence-electron chi connectivity index (χ0n) is 14.2. The molecule has 1 N–H and O–H groups in total. The van der Waals surface area contributed by atoms with Crippen LogP contribution < -0.4 is 5.32 Å². The predicted octanol–water partition coefficient (Wildman–Crippen LogP) is 4.20. The summed E-state index contributed by atoms with van der Waals surface area (Å²) in [5.74, 6) is -0.211. The normalized spacial score (nSPS) is 10.9. The molecule has 2 aromatic heterocycles. The average Bonchev–Trinajstić information content (AvgIpc) is 3.15. The first-order valence-corrected chi connectivity index (χ1v) is 9.15. The van der Waals surface area contributed by atoms with Crippen LogP contribution in [0.3, 0.4) is 0 Å². The number of aromatic nitrogens is 4. The SMILES string of the molecule is CCCc1nnc(NC(=O)c2ccc(-n3nc(C)c(Cl)c3C)cc2)s1. The van der Waals surface area contributed by atoms with Crippen LogP contribution in [0.5, 0.6) is 0 Å². The van der Waals surface area contributed by atoms with Crippen LogP contribution in [0.15, 0.2) is 24.3 Å². The smallest absolute Gasteiger partial charge is 0.257 e. The quantitative estimate of drug-likeness (QED) is 0.725. The molecular formula is C17H18ClN5OS. The molecule has 0 saturated heterocycles. The van der Waals surface area contributed by atoms with Gasteiger partial charge in [0.1, 0.15) is 5.01 Å². The molecule has 0 fully saturated rings. The van der Waals surface area contributed by atoms with Crippen LogP contribution in [0.1, 0.15) is 40.1 Å². The van der Waals surface area contributed by atoms with Crippen LogP contribution >= 0.6 is 22.9 Å². The summed E-state index contributed by atoms with van der Waals surface area (Å²) in [4.78, 5) is 12.3. The highest BCUT2D eigenvalue weighted by atomic mass is 35.5. The first-order chi connectivity index (χ1) is 12.0. The van der Waals surface area contributed by atoms with E-state index in [1.165, 1.54) is 11.3 Å². The first kappa shape index (κ1) is 17.6. The number of anilines is 1. The fourth-order valence-corrected chi connectivity index (χ4v) is 3.37. The Morgan fingerprint density at radius 3 is 2.56 bits per heavy atom. The third-order valence-electron chi connectivity index (χ3n) is 3.73. The lowest BCUT2D eigenvalue weighted by Gasteiger charge is -2.06. The van der Waals surface area contributed by atoms with Crippen LogP contribution in [0.25, 0.3) is 5.69 Å². The third-order valence-corrected chi connectivity index (χ3v) is 5.17. The van der Waals surface area contributed by atoms with Crippen LogP contribution in [0.4, 0.5) is 5.13 Å². The molecule has 0 aliphatic heterocycles. The summed E-state index contributed by atoms with van der Waals surface area (Å²) in [5.41, 5.74) is 3.04. The first-order valence-electron chi connectivity index (χ1n) is 7.95. The van der Waals surface area contributed by atoms with Crippen molar-refractivity contribution < 1.29 is 4.79 Å². The van der Waals surface area contributed by atoms with Gasteiger partial charge in [0.05, 0.1) is 22.1 Å². The topological polar surface area (TPSA) is 72.7 Å². The van der Waals surface area contributed by atoms with E-state index in [2.05, 4.69) is 27.5 Å². The van der Waals surface area contributed by atoms with E-state index in [0.29, 0.717) is 15.7 Å². The Balaban J connectivity index is 1.74. The highest BCUT2D eigenvalue weighted by molar-refractivity contribution is 7.15. The summed E-state index contributed by atoms with van der Waals surface area (Å²) < 4.78 is 1.77. The Bertz CT molecular complexity index is 900. The van der Waals surface area contributed by atoms with Crippen molar-refractivity contribution in [2.45, 2.75) is 33.6 Å². The number of amides is 1. The van der Waals surface area contributed by atoms with Crippen molar-refractivity contribution in [1.29, 1.82) is 0 Å². The number of nitrogens with one attached hydrogen (secondary N) is 1. The summed E-state index contributed by atoms with van der Waals surface area (Å²) >= 11 is 7.59. The van der Waals surface area contributed by atoms with Crippen molar-refractivity contribution in [1.82, 2.24) is 20.0 Å². The Morgan fingerprint density at radius 2 is 1.96 bits per heavy atom. The second-order valence-corrected chi connectivity index (χ2v) is 7.09. The largest absolute Gasteiger partial charge is 0.296 e. The van der Waals surface area contributed by atoms with Gasteiger partial charge in [0, 0.05) is 12.0 Å². The molecule has 2 heterocycles. The summed E-state index contributed by atoms with van der Waals surface area (Å²) in [6.07, 6.45) is 1.87. The molecule has 8 heteroatoms. The molecule has 6 nitrogen and oxygen atoms in total. The van der Waals surface area contributed by atoms with Crippen molar-refractivity contribution in [3.63, 3.8) is 0 Å². The molecule has 0 aliphatic rings. The van der Waals surface area contributed by atoms with E-state index < -0.39 is 0 Å². The second kappa shape index (κ2) is 7.33. The number of hydrogen-bond donors (Lipinski definition) is 1. The van der Waals surface area contributed by atoms with Crippen LogP contribution in [0.2, 0.25) is 5.02 Å². The van der Waals surface area contributed by atoms with E-state index in [0.717, 1.165) is 34.9 Å². The Labute approximate surface area is 154 Å². The van der Waals surface area contributed by atoms with Gasteiger partial charge >= 0.3 is 0 Å². The van der Waals surface area contributed by atoms with Gasteiger partial charge in [-0.25, -0.2) is 4.68 Å². The maximum atomic E-state index is 12.3. The highest BCUT2D eigenvalue weighted by Gasteiger charge is 2.13. The molecule has 0 bridgehead atoms. The van der Waals surface area contributed by atoms with Gasteiger partial charge in [0.25, 0.3) is 5.91 Å². The molecule has 3 rings (SSSR count). The molecule has 0 saturated carbocycles. The van der Waals surface area contributed by atoms with Crippen molar-refractivity contribution in [3.05, 3.63) is 51.2 Å². The minimum atomic E-state index is -0.211. The average molecular weight is 376 g/mol. The predicted molar refractivity (Wildman–Crippen MR) is 99.9 cm³/mol. The van der Waals surface area contributed by atoms with E-state index in [-0.39, 0.29) is 5.91 Å². The van der Waals surface area contributed by atoms with E-state index >= 15 is 0 Å². The molecule has 3 aromatic rings. The van der Waals surface area contributed by atoms with Gasteiger partial charge in [-0.2, -0.15) is 5.10 Å². The Kier molecular flexibility index (Phi) is 5.15. The van der Waals surface area contributed by atoms with Gasteiger partial charge in [-0.1, -0.05) is 29.9 Å². The number of nitrogens with zero attached hydrogens (tertiary/aromatic N) is 4. The molecule has 0 radical (unpaired) electrons. The van der Waals surface area contributed by atoms with Gasteiger partial charge in [0.2, 0.25) is 5.13 Å². The lowest BCUT2D eigenvalue weighted by atomic mass is 10.2. The standard InChI is InChI=1S/C17H18ClN5OS/c1-4-5-14-20-21-17(25-14)19-16(24)12-6-8-13(9-7-12)23-11(3)15(18)10(2)22-23/h6-9H,4-5H2,1-3H3,(H,19,21,24). The minimum Gasteiger partial charge on any atom is -0.296 e. The van der Waals surface area contributed by atoms with Gasteiger partial charge < -0.3 is 0 Å². The molecule has 1 amide bonds. The van der Waals surface area contributed by atoms with Crippen LogP contribution in [0, 0.1) is 13.8 Å². The van der Waals surface area contributed by atoms with Crippen LogP contribution in [-0.4, -0.2) is 25.9 Å². The van der Waals surface area contributed by atoms with Crippen molar-refractivity contribution >= 4 is 34.0 Å². The van der Waals surface area contributed by atoms with Gasteiger partial charge in [-0.3, -0.25) is 10.1 Å². The van der Waals surface area contributed by atoms with Gasteiger partial charge in [0.15, 0.2) is 0 Å². The Morgan fingerprint density at radius 1 is 1.24 bits per heavy atom. The molecule has 0 atom stereocenters. The minimum absolute atomic E-state index is 0.211. The summed E-state index contributed by atoms with van der Waals surface area (Å²) in [6.45, 7) is 5.85. The number of carbonyl (C=O) groups excluding carboxylic acids is 1. The summed E-state index contributed by atoms with van der Waals surface area (Å²) in [5, 5.41) is 17.3.